The second-order valence-corrected chi connectivity index (χ2v) is 5.30. The van der Waals surface area contributed by atoms with Gasteiger partial charge in [-0.05, 0) is 18.9 Å². The van der Waals surface area contributed by atoms with Gasteiger partial charge in [0.15, 0.2) is 0 Å². The SMILES string of the molecule is Cc1c(C(=O)N(C)CC(C)(C)CN)cnn1C. The molecule has 0 aliphatic heterocycles. The summed E-state index contributed by atoms with van der Waals surface area (Å²) < 4.78 is 1.70. The number of aromatic nitrogens is 2. The fourth-order valence-electron chi connectivity index (χ4n) is 1.69. The first-order valence-corrected chi connectivity index (χ1v) is 5.72. The minimum Gasteiger partial charge on any atom is -0.341 e. The number of hydrogen-bond donors (Lipinski definition) is 1. The van der Waals surface area contributed by atoms with Gasteiger partial charge in [0.1, 0.15) is 0 Å². The van der Waals surface area contributed by atoms with E-state index in [9.17, 15) is 4.79 Å². The van der Waals surface area contributed by atoms with Crippen LogP contribution in [0.5, 0.6) is 0 Å². The Labute approximate surface area is 103 Å². The van der Waals surface area contributed by atoms with Crippen LogP contribution in [0.15, 0.2) is 6.20 Å². The van der Waals surface area contributed by atoms with Gasteiger partial charge in [-0.2, -0.15) is 5.10 Å². The van der Waals surface area contributed by atoms with Gasteiger partial charge in [-0.25, -0.2) is 0 Å². The van der Waals surface area contributed by atoms with Crippen molar-refractivity contribution in [2.45, 2.75) is 20.8 Å². The summed E-state index contributed by atoms with van der Waals surface area (Å²) >= 11 is 0. The Kier molecular flexibility index (Phi) is 3.93. The van der Waals surface area contributed by atoms with E-state index in [1.165, 1.54) is 0 Å². The van der Waals surface area contributed by atoms with Crippen LogP contribution in [0, 0.1) is 12.3 Å². The molecule has 0 radical (unpaired) electrons. The number of aryl methyl sites for hydroxylation is 1. The molecule has 5 heteroatoms. The average Bonchev–Trinajstić information content (AvgIpc) is 2.58. The summed E-state index contributed by atoms with van der Waals surface area (Å²) in [5.41, 5.74) is 7.14. The van der Waals surface area contributed by atoms with Gasteiger partial charge in [-0.15, -0.1) is 0 Å². The van der Waals surface area contributed by atoms with Crippen LogP contribution in [0.4, 0.5) is 0 Å². The number of rotatable bonds is 4. The molecule has 17 heavy (non-hydrogen) atoms. The van der Waals surface area contributed by atoms with Crippen molar-refractivity contribution < 1.29 is 4.79 Å². The molecule has 0 aromatic carbocycles. The molecular weight excluding hydrogens is 216 g/mol. The molecule has 0 spiro atoms. The van der Waals surface area contributed by atoms with Crippen LogP contribution in [-0.4, -0.2) is 40.7 Å². The van der Waals surface area contributed by atoms with Crippen molar-refractivity contribution in [1.29, 1.82) is 0 Å². The third-order valence-corrected chi connectivity index (χ3v) is 3.03. The van der Waals surface area contributed by atoms with E-state index < -0.39 is 0 Å². The summed E-state index contributed by atoms with van der Waals surface area (Å²) in [5.74, 6) is -0.00266. The molecule has 0 aliphatic rings. The van der Waals surface area contributed by atoms with Gasteiger partial charge in [0, 0.05) is 26.3 Å². The number of nitrogens with zero attached hydrogens (tertiary/aromatic N) is 3. The smallest absolute Gasteiger partial charge is 0.257 e. The first kappa shape index (κ1) is 13.7. The molecule has 0 fully saturated rings. The zero-order chi connectivity index (χ0) is 13.2. The van der Waals surface area contributed by atoms with E-state index in [0.29, 0.717) is 18.7 Å². The van der Waals surface area contributed by atoms with Crippen molar-refractivity contribution in [3.63, 3.8) is 0 Å². The molecule has 0 aliphatic carbocycles. The second kappa shape index (κ2) is 4.87. The highest BCUT2D eigenvalue weighted by Gasteiger charge is 2.23. The van der Waals surface area contributed by atoms with E-state index in [1.807, 2.05) is 27.8 Å². The summed E-state index contributed by atoms with van der Waals surface area (Å²) in [6.45, 7) is 7.18. The molecule has 1 heterocycles. The molecule has 1 aromatic rings. The maximum Gasteiger partial charge on any atom is 0.257 e. The Morgan fingerprint density at radius 3 is 2.59 bits per heavy atom. The predicted octanol–water partition coefficient (Wildman–Crippen LogP) is 0.785. The Balaban J connectivity index is 2.81. The quantitative estimate of drug-likeness (QED) is 0.843. The van der Waals surface area contributed by atoms with Crippen molar-refractivity contribution in [2.75, 3.05) is 20.1 Å². The minimum absolute atomic E-state index is 0.00266. The van der Waals surface area contributed by atoms with E-state index in [1.54, 1.807) is 22.8 Å². The molecule has 1 aromatic heterocycles. The third-order valence-electron chi connectivity index (χ3n) is 3.03. The lowest BCUT2D eigenvalue weighted by molar-refractivity contribution is 0.0739. The monoisotopic (exact) mass is 238 g/mol. The Bertz CT molecular complexity index is 409. The highest BCUT2D eigenvalue weighted by molar-refractivity contribution is 5.94. The topological polar surface area (TPSA) is 64.2 Å². The first-order chi connectivity index (χ1) is 7.78. The Morgan fingerprint density at radius 2 is 2.18 bits per heavy atom. The number of hydrogen-bond acceptors (Lipinski definition) is 3. The fourth-order valence-corrected chi connectivity index (χ4v) is 1.69. The minimum atomic E-state index is -0.0689. The van der Waals surface area contributed by atoms with E-state index in [4.69, 9.17) is 5.73 Å². The van der Waals surface area contributed by atoms with Gasteiger partial charge in [-0.1, -0.05) is 13.8 Å². The number of amides is 1. The standard InChI is InChI=1S/C12H22N4O/c1-9-10(6-14-16(9)5)11(17)15(4)8-12(2,3)7-13/h6H,7-8,13H2,1-5H3. The molecule has 0 saturated carbocycles. The molecule has 0 atom stereocenters. The normalized spacial score (nSPS) is 11.6. The Morgan fingerprint density at radius 1 is 1.59 bits per heavy atom. The van der Waals surface area contributed by atoms with Gasteiger partial charge in [0.05, 0.1) is 11.8 Å². The van der Waals surface area contributed by atoms with Crippen molar-refractivity contribution in [1.82, 2.24) is 14.7 Å². The Hall–Kier alpha value is -1.36. The van der Waals surface area contributed by atoms with Crippen molar-refractivity contribution >= 4 is 5.91 Å². The predicted molar refractivity (Wildman–Crippen MR) is 67.7 cm³/mol. The van der Waals surface area contributed by atoms with Crippen LogP contribution in [-0.2, 0) is 7.05 Å². The lowest BCUT2D eigenvalue weighted by Crippen LogP contribution is -2.39. The molecule has 96 valence electrons. The first-order valence-electron chi connectivity index (χ1n) is 5.72. The van der Waals surface area contributed by atoms with Crippen LogP contribution < -0.4 is 5.73 Å². The largest absolute Gasteiger partial charge is 0.341 e. The van der Waals surface area contributed by atoms with E-state index >= 15 is 0 Å². The highest BCUT2D eigenvalue weighted by atomic mass is 16.2. The van der Waals surface area contributed by atoms with Crippen LogP contribution in [0.25, 0.3) is 0 Å². The van der Waals surface area contributed by atoms with E-state index in [2.05, 4.69) is 5.10 Å². The van der Waals surface area contributed by atoms with Crippen molar-refractivity contribution in [2.24, 2.45) is 18.2 Å². The second-order valence-electron chi connectivity index (χ2n) is 5.30. The number of nitrogens with two attached hydrogens (primary N) is 1. The van der Waals surface area contributed by atoms with Gasteiger partial charge in [0.25, 0.3) is 5.91 Å². The average molecular weight is 238 g/mol. The summed E-state index contributed by atoms with van der Waals surface area (Å²) in [6, 6.07) is 0. The molecule has 0 bridgehead atoms. The summed E-state index contributed by atoms with van der Waals surface area (Å²) in [4.78, 5) is 13.9. The van der Waals surface area contributed by atoms with Crippen molar-refractivity contribution in [3.8, 4) is 0 Å². The van der Waals surface area contributed by atoms with Gasteiger partial charge < -0.3 is 10.6 Å². The third kappa shape index (κ3) is 3.06. The van der Waals surface area contributed by atoms with Gasteiger partial charge in [0.2, 0.25) is 0 Å². The maximum atomic E-state index is 12.2. The maximum absolute atomic E-state index is 12.2. The molecule has 5 nitrogen and oxygen atoms in total. The fraction of sp³-hybridized carbons (Fsp3) is 0.667. The molecule has 1 rings (SSSR count). The van der Waals surface area contributed by atoms with Crippen LogP contribution in [0.2, 0.25) is 0 Å². The van der Waals surface area contributed by atoms with E-state index in [-0.39, 0.29) is 11.3 Å². The van der Waals surface area contributed by atoms with Gasteiger partial charge in [-0.3, -0.25) is 9.48 Å². The zero-order valence-electron chi connectivity index (χ0n) is 11.3. The van der Waals surface area contributed by atoms with Crippen LogP contribution in [0.1, 0.15) is 29.9 Å². The summed E-state index contributed by atoms with van der Waals surface area (Å²) in [5, 5.41) is 4.08. The number of carbonyl (C=O) groups excluding carboxylic acids is 1. The highest BCUT2D eigenvalue weighted by Crippen LogP contribution is 2.16. The zero-order valence-corrected chi connectivity index (χ0v) is 11.3. The molecular formula is C12H22N4O. The summed E-state index contributed by atoms with van der Waals surface area (Å²) in [7, 11) is 3.63. The molecule has 2 N–H and O–H groups in total. The van der Waals surface area contributed by atoms with Crippen LogP contribution >= 0.6 is 0 Å². The van der Waals surface area contributed by atoms with Crippen molar-refractivity contribution in [3.05, 3.63) is 17.5 Å². The van der Waals surface area contributed by atoms with E-state index in [0.717, 1.165) is 5.69 Å². The lowest BCUT2D eigenvalue weighted by Gasteiger charge is -2.28. The van der Waals surface area contributed by atoms with Crippen LogP contribution in [0.3, 0.4) is 0 Å². The summed E-state index contributed by atoms with van der Waals surface area (Å²) in [6.07, 6.45) is 1.61. The lowest BCUT2D eigenvalue weighted by atomic mass is 9.93. The molecule has 0 unspecified atom stereocenters. The molecule has 1 amide bonds. The van der Waals surface area contributed by atoms with Gasteiger partial charge >= 0.3 is 0 Å². The number of carbonyl (C=O) groups is 1. The molecule has 0 saturated heterocycles.